The predicted molar refractivity (Wildman–Crippen MR) is 106 cm³/mol. The molecule has 0 radical (unpaired) electrons. The van der Waals surface area contributed by atoms with Crippen molar-refractivity contribution in [2.24, 2.45) is 0 Å². The van der Waals surface area contributed by atoms with Crippen molar-refractivity contribution in [3.8, 4) is 11.5 Å². The molecule has 1 amide bonds. The number of amides is 1. The highest BCUT2D eigenvalue weighted by Crippen LogP contribution is 2.38. The number of hydrogen-bond acceptors (Lipinski definition) is 4. The molecule has 6 heteroatoms. The molecule has 0 aromatic heterocycles. The number of fused-ring (bicyclic) bond motifs is 1. The third-order valence-electron chi connectivity index (χ3n) is 4.48. The molecule has 0 bridgehead atoms. The first-order valence-corrected chi connectivity index (χ1v) is 8.53. The SMILES string of the molecule is CC(C)c1ccc(C(C)CC(=O)Nc2cc3c(cc2N)OCO3)cc1.Cl. The molecular weight excluding hydrogens is 352 g/mol. The third-order valence-corrected chi connectivity index (χ3v) is 4.48. The summed E-state index contributed by atoms with van der Waals surface area (Å²) in [5.74, 6) is 1.75. The summed E-state index contributed by atoms with van der Waals surface area (Å²) in [7, 11) is 0. The van der Waals surface area contributed by atoms with Gasteiger partial charge >= 0.3 is 0 Å². The number of nitrogen functional groups attached to an aromatic ring is 1. The number of nitrogens with two attached hydrogens (primary N) is 1. The summed E-state index contributed by atoms with van der Waals surface area (Å²) in [5.41, 5.74) is 9.45. The molecule has 2 aromatic rings. The van der Waals surface area contributed by atoms with Crippen molar-refractivity contribution in [3.05, 3.63) is 47.5 Å². The molecule has 0 saturated carbocycles. The van der Waals surface area contributed by atoms with E-state index in [1.54, 1.807) is 12.1 Å². The Balaban J connectivity index is 0.00000243. The van der Waals surface area contributed by atoms with E-state index in [2.05, 4.69) is 43.4 Å². The smallest absolute Gasteiger partial charge is 0.231 e. The van der Waals surface area contributed by atoms with Crippen molar-refractivity contribution in [3.63, 3.8) is 0 Å². The quantitative estimate of drug-likeness (QED) is 0.743. The molecule has 3 rings (SSSR count). The number of ether oxygens (including phenoxy) is 2. The van der Waals surface area contributed by atoms with Gasteiger partial charge < -0.3 is 20.5 Å². The van der Waals surface area contributed by atoms with Gasteiger partial charge in [0.15, 0.2) is 11.5 Å². The highest BCUT2D eigenvalue weighted by molar-refractivity contribution is 5.95. The van der Waals surface area contributed by atoms with E-state index in [1.807, 2.05) is 6.92 Å². The Hall–Kier alpha value is -2.40. The molecule has 26 heavy (non-hydrogen) atoms. The maximum Gasteiger partial charge on any atom is 0.231 e. The van der Waals surface area contributed by atoms with Gasteiger partial charge in [-0.15, -0.1) is 12.4 Å². The number of nitrogens with one attached hydrogen (secondary N) is 1. The van der Waals surface area contributed by atoms with Crippen molar-refractivity contribution in [2.75, 3.05) is 17.8 Å². The molecule has 1 aliphatic heterocycles. The van der Waals surface area contributed by atoms with Gasteiger partial charge in [-0.05, 0) is 23.0 Å². The fraction of sp³-hybridized carbons (Fsp3) is 0.350. The average molecular weight is 377 g/mol. The largest absolute Gasteiger partial charge is 0.454 e. The molecule has 3 N–H and O–H groups in total. The van der Waals surface area contributed by atoms with Crippen LogP contribution in [-0.2, 0) is 4.79 Å². The van der Waals surface area contributed by atoms with Crippen LogP contribution in [0.1, 0.15) is 50.2 Å². The van der Waals surface area contributed by atoms with Gasteiger partial charge in [-0.3, -0.25) is 4.79 Å². The second-order valence-corrected chi connectivity index (χ2v) is 6.77. The lowest BCUT2D eigenvalue weighted by molar-refractivity contribution is -0.116. The normalized spacial score (nSPS) is 13.2. The first-order chi connectivity index (χ1) is 11.9. The molecule has 1 heterocycles. The molecule has 0 fully saturated rings. The minimum absolute atomic E-state index is 0. The Morgan fingerprint density at radius 3 is 2.27 bits per heavy atom. The van der Waals surface area contributed by atoms with Crippen LogP contribution in [0.4, 0.5) is 11.4 Å². The fourth-order valence-electron chi connectivity index (χ4n) is 2.87. The van der Waals surface area contributed by atoms with Gasteiger partial charge in [0.05, 0.1) is 11.4 Å². The second-order valence-electron chi connectivity index (χ2n) is 6.77. The summed E-state index contributed by atoms with van der Waals surface area (Å²) in [6.45, 7) is 6.56. The van der Waals surface area contributed by atoms with E-state index < -0.39 is 0 Å². The van der Waals surface area contributed by atoms with Gasteiger partial charge in [-0.1, -0.05) is 45.0 Å². The van der Waals surface area contributed by atoms with Crippen LogP contribution < -0.4 is 20.5 Å². The van der Waals surface area contributed by atoms with Crippen LogP contribution in [0.5, 0.6) is 11.5 Å². The molecule has 140 valence electrons. The average Bonchev–Trinajstić information content (AvgIpc) is 3.02. The molecular formula is C20H25ClN2O3. The van der Waals surface area contributed by atoms with E-state index in [4.69, 9.17) is 15.2 Å². The van der Waals surface area contributed by atoms with Crippen molar-refractivity contribution >= 4 is 29.7 Å². The van der Waals surface area contributed by atoms with Crippen LogP contribution in [-0.4, -0.2) is 12.7 Å². The van der Waals surface area contributed by atoms with Crippen molar-refractivity contribution in [1.82, 2.24) is 0 Å². The summed E-state index contributed by atoms with van der Waals surface area (Å²) < 4.78 is 10.6. The second kappa shape index (κ2) is 8.32. The predicted octanol–water partition coefficient (Wildman–Crippen LogP) is 4.68. The lowest BCUT2D eigenvalue weighted by Gasteiger charge is -2.14. The van der Waals surface area contributed by atoms with Crippen molar-refractivity contribution in [1.29, 1.82) is 0 Å². The van der Waals surface area contributed by atoms with Crippen LogP contribution in [0.2, 0.25) is 0 Å². The van der Waals surface area contributed by atoms with E-state index in [9.17, 15) is 4.79 Å². The lowest BCUT2D eigenvalue weighted by Crippen LogP contribution is -2.15. The zero-order valence-corrected chi connectivity index (χ0v) is 16.1. The van der Waals surface area contributed by atoms with Crippen LogP contribution >= 0.6 is 12.4 Å². The Morgan fingerprint density at radius 1 is 1.08 bits per heavy atom. The fourth-order valence-corrected chi connectivity index (χ4v) is 2.87. The summed E-state index contributed by atoms with van der Waals surface area (Å²) >= 11 is 0. The molecule has 0 saturated heterocycles. The van der Waals surface area contributed by atoms with Gasteiger partial charge in [0, 0.05) is 18.6 Å². The number of benzene rings is 2. The number of hydrogen-bond donors (Lipinski definition) is 2. The first kappa shape index (κ1) is 19.9. The Labute approximate surface area is 160 Å². The van der Waals surface area contributed by atoms with E-state index in [1.165, 1.54) is 5.56 Å². The summed E-state index contributed by atoms with van der Waals surface area (Å²) in [5, 5.41) is 2.87. The molecule has 1 aliphatic rings. The van der Waals surface area contributed by atoms with Gasteiger partial charge in [0.1, 0.15) is 0 Å². The zero-order valence-electron chi connectivity index (χ0n) is 15.2. The summed E-state index contributed by atoms with van der Waals surface area (Å²) in [6, 6.07) is 11.8. The highest BCUT2D eigenvalue weighted by Gasteiger charge is 2.18. The maximum atomic E-state index is 12.4. The molecule has 0 spiro atoms. The Kier molecular flexibility index (Phi) is 6.37. The number of halogens is 1. The third kappa shape index (κ3) is 4.41. The van der Waals surface area contributed by atoms with E-state index >= 15 is 0 Å². The zero-order chi connectivity index (χ0) is 18.0. The monoisotopic (exact) mass is 376 g/mol. The number of carbonyl (C=O) groups excluding carboxylic acids is 1. The van der Waals surface area contributed by atoms with E-state index in [-0.39, 0.29) is 31.0 Å². The number of rotatable bonds is 5. The van der Waals surface area contributed by atoms with E-state index in [0.29, 0.717) is 35.2 Å². The molecule has 1 unspecified atom stereocenters. The number of carbonyl (C=O) groups is 1. The maximum absolute atomic E-state index is 12.4. The number of anilines is 2. The van der Waals surface area contributed by atoms with Gasteiger partial charge in [-0.25, -0.2) is 0 Å². The Morgan fingerprint density at radius 2 is 1.65 bits per heavy atom. The standard InChI is InChI=1S/C20H24N2O3.ClH/c1-12(2)14-4-6-15(7-5-14)13(3)8-20(23)22-17-10-19-18(9-16(17)21)24-11-25-19;/h4-7,9-10,12-13H,8,11,21H2,1-3H3,(H,22,23);1H. The van der Waals surface area contributed by atoms with Crippen LogP contribution in [0.25, 0.3) is 0 Å². The summed E-state index contributed by atoms with van der Waals surface area (Å²) in [6.07, 6.45) is 0.384. The van der Waals surface area contributed by atoms with Crippen LogP contribution in [0, 0.1) is 0 Å². The molecule has 0 aliphatic carbocycles. The van der Waals surface area contributed by atoms with Gasteiger partial charge in [0.2, 0.25) is 12.7 Å². The molecule has 1 atom stereocenters. The van der Waals surface area contributed by atoms with Crippen molar-refractivity contribution < 1.29 is 14.3 Å². The minimum Gasteiger partial charge on any atom is -0.454 e. The van der Waals surface area contributed by atoms with Gasteiger partial charge in [0.25, 0.3) is 0 Å². The summed E-state index contributed by atoms with van der Waals surface area (Å²) in [4.78, 5) is 12.4. The van der Waals surface area contributed by atoms with Crippen molar-refractivity contribution in [2.45, 2.75) is 39.0 Å². The topological polar surface area (TPSA) is 73.6 Å². The van der Waals surface area contributed by atoms with Gasteiger partial charge in [-0.2, -0.15) is 0 Å². The van der Waals surface area contributed by atoms with Crippen LogP contribution in [0.15, 0.2) is 36.4 Å². The Bertz CT molecular complexity index is 775. The highest BCUT2D eigenvalue weighted by atomic mass is 35.5. The van der Waals surface area contributed by atoms with Crippen LogP contribution in [0.3, 0.4) is 0 Å². The lowest BCUT2D eigenvalue weighted by atomic mass is 9.94. The molecule has 2 aromatic carbocycles. The van der Waals surface area contributed by atoms with E-state index in [0.717, 1.165) is 5.56 Å². The first-order valence-electron chi connectivity index (χ1n) is 8.53. The minimum atomic E-state index is -0.0778. The molecule has 5 nitrogen and oxygen atoms in total.